The third-order valence-corrected chi connectivity index (χ3v) is 3.41. The van der Waals surface area contributed by atoms with Gasteiger partial charge in [-0.25, -0.2) is 4.39 Å². The molecule has 0 aliphatic heterocycles. The highest BCUT2D eigenvalue weighted by Gasteiger charge is 2.15. The average Bonchev–Trinajstić information content (AvgIpc) is 2.29. The van der Waals surface area contributed by atoms with Gasteiger partial charge in [-0.1, -0.05) is 13.8 Å². The number of nitrogens with one attached hydrogen (secondary N) is 1. The summed E-state index contributed by atoms with van der Waals surface area (Å²) in [7, 11) is 0. The van der Waals surface area contributed by atoms with Crippen LogP contribution in [-0.2, 0) is 4.79 Å². The lowest BCUT2D eigenvalue weighted by molar-refractivity contribution is -0.120. The van der Waals surface area contributed by atoms with E-state index in [0.29, 0.717) is 6.42 Å². The Labute approximate surface area is 111 Å². The maximum atomic E-state index is 12.7. The van der Waals surface area contributed by atoms with Gasteiger partial charge in [0, 0.05) is 10.9 Å². The van der Waals surface area contributed by atoms with Gasteiger partial charge in [0.2, 0.25) is 5.91 Å². The molecule has 1 amide bonds. The molecular formula is C13H19FN2OS. The normalized spacial score (nSPS) is 12.7. The standard InChI is InChI=1S/C13H19FN2OS/c1-9(2)16-12(13(15)17)7-8-18-11-5-3-10(14)4-6-11/h3-6,9,12,16H,7-8H2,1-2H3,(H2,15,17). The fourth-order valence-corrected chi connectivity index (χ4v) is 2.45. The van der Waals surface area contributed by atoms with E-state index in [4.69, 9.17) is 5.73 Å². The first kappa shape index (κ1) is 15.0. The van der Waals surface area contributed by atoms with Crippen molar-refractivity contribution in [2.75, 3.05) is 5.75 Å². The number of amides is 1. The average molecular weight is 270 g/mol. The smallest absolute Gasteiger partial charge is 0.234 e. The van der Waals surface area contributed by atoms with Gasteiger partial charge in [0.1, 0.15) is 5.82 Å². The number of carbonyl (C=O) groups excluding carboxylic acids is 1. The summed E-state index contributed by atoms with van der Waals surface area (Å²) < 4.78 is 12.7. The molecule has 3 N–H and O–H groups in total. The molecule has 1 rings (SSSR count). The Morgan fingerprint density at radius 2 is 2.00 bits per heavy atom. The van der Waals surface area contributed by atoms with E-state index in [2.05, 4.69) is 5.32 Å². The lowest BCUT2D eigenvalue weighted by atomic mass is 10.2. The van der Waals surface area contributed by atoms with Gasteiger partial charge in [-0.3, -0.25) is 4.79 Å². The summed E-state index contributed by atoms with van der Waals surface area (Å²) in [6, 6.07) is 6.24. The number of halogens is 1. The maximum Gasteiger partial charge on any atom is 0.234 e. The van der Waals surface area contributed by atoms with Crippen LogP contribution in [0.5, 0.6) is 0 Å². The number of carbonyl (C=O) groups is 1. The molecule has 0 aromatic heterocycles. The molecule has 100 valence electrons. The van der Waals surface area contributed by atoms with Crippen LogP contribution < -0.4 is 11.1 Å². The summed E-state index contributed by atoms with van der Waals surface area (Å²) in [6.45, 7) is 3.95. The summed E-state index contributed by atoms with van der Waals surface area (Å²) in [4.78, 5) is 12.2. The van der Waals surface area contributed by atoms with E-state index in [9.17, 15) is 9.18 Å². The summed E-state index contributed by atoms with van der Waals surface area (Å²) >= 11 is 1.59. The van der Waals surface area contributed by atoms with E-state index in [0.717, 1.165) is 10.6 Å². The summed E-state index contributed by atoms with van der Waals surface area (Å²) in [5, 5.41) is 3.13. The van der Waals surface area contributed by atoms with Crippen LogP contribution in [0.1, 0.15) is 20.3 Å². The molecule has 0 radical (unpaired) electrons. The number of hydrogen-bond acceptors (Lipinski definition) is 3. The van der Waals surface area contributed by atoms with E-state index >= 15 is 0 Å². The monoisotopic (exact) mass is 270 g/mol. The Bertz CT molecular complexity index is 381. The van der Waals surface area contributed by atoms with Crippen LogP contribution in [-0.4, -0.2) is 23.7 Å². The van der Waals surface area contributed by atoms with Crippen LogP contribution in [0.2, 0.25) is 0 Å². The molecule has 0 saturated carbocycles. The van der Waals surface area contributed by atoms with Crippen molar-refractivity contribution >= 4 is 17.7 Å². The molecule has 0 aliphatic carbocycles. The minimum absolute atomic E-state index is 0.221. The van der Waals surface area contributed by atoms with Crippen molar-refractivity contribution in [3.63, 3.8) is 0 Å². The third-order valence-electron chi connectivity index (χ3n) is 2.37. The summed E-state index contributed by atoms with van der Waals surface area (Å²) in [5.74, 6) is 0.193. The molecule has 1 aromatic rings. The Balaban J connectivity index is 2.38. The zero-order valence-corrected chi connectivity index (χ0v) is 11.5. The Morgan fingerprint density at radius 3 is 2.50 bits per heavy atom. The lowest BCUT2D eigenvalue weighted by Gasteiger charge is -2.17. The Hall–Kier alpha value is -1.07. The van der Waals surface area contributed by atoms with Crippen molar-refractivity contribution in [3.8, 4) is 0 Å². The highest BCUT2D eigenvalue weighted by atomic mass is 32.2. The van der Waals surface area contributed by atoms with Crippen molar-refractivity contribution in [2.45, 2.75) is 37.2 Å². The van der Waals surface area contributed by atoms with Gasteiger partial charge in [-0.05, 0) is 36.4 Å². The van der Waals surface area contributed by atoms with Crippen molar-refractivity contribution in [1.29, 1.82) is 0 Å². The molecule has 18 heavy (non-hydrogen) atoms. The number of thioether (sulfide) groups is 1. The topological polar surface area (TPSA) is 55.1 Å². The molecule has 0 fully saturated rings. The van der Waals surface area contributed by atoms with Crippen molar-refractivity contribution < 1.29 is 9.18 Å². The number of primary amides is 1. The van der Waals surface area contributed by atoms with Crippen LogP contribution in [0.3, 0.4) is 0 Å². The fourth-order valence-electron chi connectivity index (χ4n) is 1.54. The number of nitrogens with two attached hydrogens (primary N) is 1. The predicted octanol–water partition coefficient (Wildman–Crippen LogP) is 2.16. The van der Waals surface area contributed by atoms with Crippen LogP contribution in [0.15, 0.2) is 29.2 Å². The lowest BCUT2D eigenvalue weighted by Crippen LogP contribution is -2.44. The second kappa shape index (κ2) is 7.38. The zero-order chi connectivity index (χ0) is 13.5. The molecule has 0 aliphatic rings. The molecular weight excluding hydrogens is 251 g/mol. The van der Waals surface area contributed by atoms with Gasteiger partial charge in [-0.15, -0.1) is 11.8 Å². The van der Waals surface area contributed by atoms with E-state index in [-0.39, 0.29) is 23.8 Å². The minimum atomic E-state index is -0.330. The number of benzene rings is 1. The second-order valence-corrected chi connectivity index (χ2v) is 5.54. The SMILES string of the molecule is CC(C)NC(CCSc1ccc(F)cc1)C(N)=O. The highest BCUT2D eigenvalue weighted by Crippen LogP contribution is 2.19. The molecule has 5 heteroatoms. The van der Waals surface area contributed by atoms with E-state index in [1.165, 1.54) is 12.1 Å². The maximum absolute atomic E-state index is 12.7. The largest absolute Gasteiger partial charge is 0.368 e. The van der Waals surface area contributed by atoms with Crippen molar-refractivity contribution in [1.82, 2.24) is 5.32 Å². The van der Waals surface area contributed by atoms with Gasteiger partial charge in [0.05, 0.1) is 6.04 Å². The second-order valence-electron chi connectivity index (χ2n) is 4.37. The first-order valence-corrected chi connectivity index (χ1v) is 6.91. The Morgan fingerprint density at radius 1 is 1.39 bits per heavy atom. The molecule has 1 aromatic carbocycles. The van der Waals surface area contributed by atoms with Crippen molar-refractivity contribution in [2.24, 2.45) is 5.73 Å². The predicted molar refractivity (Wildman–Crippen MR) is 73.0 cm³/mol. The third kappa shape index (κ3) is 5.51. The number of hydrogen-bond donors (Lipinski definition) is 2. The molecule has 0 bridgehead atoms. The van der Waals surface area contributed by atoms with E-state index < -0.39 is 0 Å². The van der Waals surface area contributed by atoms with Gasteiger partial charge in [-0.2, -0.15) is 0 Å². The van der Waals surface area contributed by atoms with Crippen molar-refractivity contribution in [3.05, 3.63) is 30.1 Å². The molecule has 0 heterocycles. The fraction of sp³-hybridized carbons (Fsp3) is 0.462. The van der Waals surface area contributed by atoms with Gasteiger partial charge < -0.3 is 11.1 Å². The molecule has 3 nitrogen and oxygen atoms in total. The summed E-state index contributed by atoms with van der Waals surface area (Å²) in [5.41, 5.74) is 5.32. The van der Waals surface area contributed by atoms with Crippen LogP contribution in [0, 0.1) is 5.82 Å². The van der Waals surface area contributed by atoms with Crippen LogP contribution in [0.25, 0.3) is 0 Å². The summed E-state index contributed by atoms with van der Waals surface area (Å²) in [6.07, 6.45) is 0.662. The van der Waals surface area contributed by atoms with E-state index in [1.54, 1.807) is 23.9 Å². The van der Waals surface area contributed by atoms with Gasteiger partial charge >= 0.3 is 0 Å². The van der Waals surface area contributed by atoms with Gasteiger partial charge in [0.15, 0.2) is 0 Å². The Kier molecular flexibility index (Phi) is 6.15. The molecule has 1 atom stereocenters. The van der Waals surface area contributed by atoms with Gasteiger partial charge in [0.25, 0.3) is 0 Å². The molecule has 0 spiro atoms. The minimum Gasteiger partial charge on any atom is -0.368 e. The number of rotatable bonds is 7. The zero-order valence-electron chi connectivity index (χ0n) is 10.7. The molecule has 1 unspecified atom stereocenters. The highest BCUT2D eigenvalue weighted by molar-refractivity contribution is 7.99. The van der Waals surface area contributed by atoms with Crippen LogP contribution >= 0.6 is 11.8 Å². The van der Waals surface area contributed by atoms with Crippen LogP contribution in [0.4, 0.5) is 4.39 Å². The molecule has 0 saturated heterocycles. The first-order valence-electron chi connectivity index (χ1n) is 5.92. The quantitative estimate of drug-likeness (QED) is 0.747. The first-order chi connectivity index (χ1) is 8.49. The van der Waals surface area contributed by atoms with E-state index in [1.807, 2.05) is 13.8 Å².